The minimum Gasteiger partial charge on any atom is -0.342 e. The number of hydrogen-bond acceptors (Lipinski definition) is 3. The zero-order valence-electron chi connectivity index (χ0n) is 15.1. The Hall–Kier alpha value is -2.23. The number of allylic oxidation sites excluding steroid dienone is 1. The molecule has 3 aliphatic rings. The number of likely N-dealkylation sites (tertiary alicyclic amines) is 1. The van der Waals surface area contributed by atoms with Crippen molar-refractivity contribution in [3.05, 3.63) is 48.0 Å². The van der Waals surface area contributed by atoms with Gasteiger partial charge in [-0.2, -0.15) is 0 Å². The first-order valence-electron chi connectivity index (χ1n) is 9.58. The van der Waals surface area contributed by atoms with Crippen molar-refractivity contribution in [2.24, 2.45) is 17.3 Å². The number of piperidine rings is 1. The van der Waals surface area contributed by atoms with Crippen LogP contribution in [0.5, 0.6) is 0 Å². The largest absolute Gasteiger partial charge is 0.342 e. The minimum atomic E-state index is -1.14. The molecule has 26 heavy (non-hydrogen) atoms. The molecule has 0 radical (unpaired) electrons. The van der Waals surface area contributed by atoms with Crippen molar-refractivity contribution in [2.75, 3.05) is 13.1 Å². The fourth-order valence-electron chi connectivity index (χ4n) is 5.01. The Kier molecular flexibility index (Phi) is 4.29. The summed E-state index contributed by atoms with van der Waals surface area (Å²) in [6.45, 7) is 5.23. The van der Waals surface area contributed by atoms with E-state index in [9.17, 15) is 14.4 Å². The molecule has 1 saturated heterocycles. The number of nitrogens with zero attached hydrogens (tertiary/aromatic N) is 1. The Morgan fingerprint density at radius 2 is 1.85 bits per heavy atom. The van der Waals surface area contributed by atoms with Crippen LogP contribution in [-0.4, -0.2) is 35.5 Å². The number of carbonyl (C=O) groups is 3. The van der Waals surface area contributed by atoms with E-state index in [1.165, 1.54) is 5.56 Å². The molecule has 1 aromatic rings. The van der Waals surface area contributed by atoms with E-state index < -0.39 is 5.41 Å². The van der Waals surface area contributed by atoms with Gasteiger partial charge in [0, 0.05) is 25.9 Å². The molecule has 1 aromatic carbocycles. The molecule has 4 heteroatoms. The lowest BCUT2D eigenvalue weighted by Crippen LogP contribution is -2.51. The Morgan fingerprint density at radius 1 is 1.15 bits per heavy atom. The van der Waals surface area contributed by atoms with Gasteiger partial charge in [0.1, 0.15) is 11.2 Å². The normalized spacial score (nSPS) is 29.3. The van der Waals surface area contributed by atoms with Crippen molar-refractivity contribution in [1.82, 2.24) is 4.90 Å². The molecular weight excluding hydrogens is 326 g/mol. The number of rotatable bonds is 3. The third-order valence-corrected chi connectivity index (χ3v) is 6.47. The summed E-state index contributed by atoms with van der Waals surface area (Å²) < 4.78 is 0. The number of fused-ring (bicyclic) bond motifs is 2. The summed E-state index contributed by atoms with van der Waals surface area (Å²) in [4.78, 5) is 39.9. The van der Waals surface area contributed by atoms with Crippen molar-refractivity contribution in [3.63, 3.8) is 0 Å². The molecule has 2 bridgehead atoms. The fourth-order valence-corrected chi connectivity index (χ4v) is 5.01. The Balaban J connectivity index is 1.43. The second-order valence-electron chi connectivity index (χ2n) is 8.18. The number of amides is 1. The van der Waals surface area contributed by atoms with E-state index in [4.69, 9.17) is 0 Å². The van der Waals surface area contributed by atoms with Crippen molar-refractivity contribution < 1.29 is 14.4 Å². The highest BCUT2D eigenvalue weighted by Crippen LogP contribution is 2.51. The minimum absolute atomic E-state index is 0.0283. The van der Waals surface area contributed by atoms with E-state index >= 15 is 0 Å². The van der Waals surface area contributed by atoms with Gasteiger partial charge in [0.2, 0.25) is 5.91 Å². The third-order valence-electron chi connectivity index (χ3n) is 6.47. The van der Waals surface area contributed by atoms with Crippen LogP contribution in [0.2, 0.25) is 0 Å². The number of Topliss-reactive ketones (excluding diaryl/α,β-unsaturated/α-hetero) is 2. The van der Waals surface area contributed by atoms with Crippen molar-refractivity contribution in [1.29, 1.82) is 0 Å². The lowest BCUT2D eigenvalue weighted by Gasteiger charge is -2.38. The van der Waals surface area contributed by atoms with Crippen LogP contribution in [0.15, 0.2) is 42.5 Å². The Bertz CT molecular complexity index is 761. The van der Waals surface area contributed by atoms with E-state index in [0.29, 0.717) is 37.4 Å². The van der Waals surface area contributed by atoms with Crippen molar-refractivity contribution in [3.8, 4) is 0 Å². The van der Waals surface area contributed by atoms with E-state index in [0.717, 1.165) is 19.3 Å². The predicted octanol–water partition coefficient (Wildman–Crippen LogP) is 2.96. The summed E-state index contributed by atoms with van der Waals surface area (Å²) in [7, 11) is 0. The molecule has 0 spiro atoms. The quantitative estimate of drug-likeness (QED) is 0.621. The molecule has 4 nitrogen and oxygen atoms in total. The first-order valence-corrected chi connectivity index (χ1v) is 9.58. The smallest absolute Gasteiger partial charge is 0.237 e. The van der Waals surface area contributed by atoms with E-state index in [2.05, 4.69) is 30.8 Å². The zero-order chi connectivity index (χ0) is 18.3. The molecule has 1 aliphatic heterocycles. The highest BCUT2D eigenvalue weighted by molar-refractivity contribution is 6.19. The molecular formula is C22H25NO3. The van der Waals surface area contributed by atoms with Gasteiger partial charge in [0.05, 0.1) is 0 Å². The number of carbonyl (C=O) groups excluding carboxylic acids is 3. The third kappa shape index (κ3) is 2.81. The highest BCUT2D eigenvalue weighted by Gasteiger charge is 2.59. The van der Waals surface area contributed by atoms with Gasteiger partial charge in [0.25, 0.3) is 0 Å². The molecule has 0 N–H and O–H groups in total. The average Bonchev–Trinajstić information content (AvgIpc) is 2.84. The van der Waals surface area contributed by atoms with E-state index in [-0.39, 0.29) is 29.8 Å². The molecule has 3 fully saturated rings. The summed E-state index contributed by atoms with van der Waals surface area (Å²) >= 11 is 0. The van der Waals surface area contributed by atoms with Crippen molar-refractivity contribution >= 4 is 17.5 Å². The predicted molar refractivity (Wildman–Crippen MR) is 98.4 cm³/mol. The maximum atomic E-state index is 13.2. The van der Waals surface area contributed by atoms with Gasteiger partial charge in [-0.1, -0.05) is 36.9 Å². The summed E-state index contributed by atoms with van der Waals surface area (Å²) in [6.07, 6.45) is 3.86. The number of benzene rings is 1. The summed E-state index contributed by atoms with van der Waals surface area (Å²) in [5, 5.41) is 0. The highest BCUT2D eigenvalue weighted by atomic mass is 16.2. The van der Waals surface area contributed by atoms with Gasteiger partial charge in [-0.25, -0.2) is 0 Å². The maximum absolute atomic E-state index is 13.2. The van der Waals surface area contributed by atoms with Gasteiger partial charge in [-0.3, -0.25) is 14.4 Å². The SMILES string of the molecule is C=C1C(=O)C2(C(=O)N3CCC(Cc4ccccc4)CC3)CC(=O)CC1C2. The van der Waals surface area contributed by atoms with Gasteiger partial charge in [-0.05, 0) is 48.7 Å². The average molecular weight is 351 g/mol. The fraction of sp³-hybridized carbons (Fsp3) is 0.500. The van der Waals surface area contributed by atoms with Gasteiger partial charge in [0.15, 0.2) is 5.78 Å². The lowest BCUT2D eigenvalue weighted by atomic mass is 9.73. The summed E-state index contributed by atoms with van der Waals surface area (Å²) in [6, 6.07) is 10.4. The zero-order valence-corrected chi connectivity index (χ0v) is 15.1. The first-order chi connectivity index (χ1) is 12.5. The molecule has 2 atom stereocenters. The monoisotopic (exact) mass is 351 g/mol. The van der Waals surface area contributed by atoms with Crippen LogP contribution in [0.1, 0.15) is 37.7 Å². The van der Waals surface area contributed by atoms with Crippen LogP contribution in [0, 0.1) is 17.3 Å². The van der Waals surface area contributed by atoms with Gasteiger partial charge < -0.3 is 4.90 Å². The molecule has 4 rings (SSSR count). The van der Waals surface area contributed by atoms with Crippen molar-refractivity contribution in [2.45, 2.75) is 38.5 Å². The van der Waals surface area contributed by atoms with E-state index in [1.807, 2.05) is 11.0 Å². The Labute approximate surface area is 154 Å². The van der Waals surface area contributed by atoms with Crippen LogP contribution >= 0.6 is 0 Å². The van der Waals surface area contributed by atoms with Crippen LogP contribution in [-0.2, 0) is 20.8 Å². The standard InChI is InChI=1S/C22H25NO3/c1-15-18-12-19(24)14-22(13-18,20(15)25)21(26)23-9-7-17(8-10-23)11-16-5-3-2-4-6-16/h2-6,17-18H,1,7-14H2. The number of hydrogen-bond donors (Lipinski definition) is 0. The Morgan fingerprint density at radius 3 is 2.54 bits per heavy atom. The summed E-state index contributed by atoms with van der Waals surface area (Å²) in [5.41, 5.74) is 0.686. The second kappa shape index (κ2) is 6.49. The van der Waals surface area contributed by atoms with Crippen LogP contribution in [0.3, 0.4) is 0 Å². The molecule has 2 saturated carbocycles. The van der Waals surface area contributed by atoms with Crippen LogP contribution < -0.4 is 0 Å². The maximum Gasteiger partial charge on any atom is 0.237 e. The van der Waals surface area contributed by atoms with Gasteiger partial charge >= 0.3 is 0 Å². The number of ketones is 2. The molecule has 136 valence electrons. The second-order valence-corrected chi connectivity index (χ2v) is 8.18. The molecule has 2 aliphatic carbocycles. The van der Waals surface area contributed by atoms with Crippen LogP contribution in [0.25, 0.3) is 0 Å². The van der Waals surface area contributed by atoms with Gasteiger partial charge in [-0.15, -0.1) is 0 Å². The topological polar surface area (TPSA) is 54.5 Å². The van der Waals surface area contributed by atoms with Crippen LogP contribution in [0.4, 0.5) is 0 Å². The molecule has 0 aromatic heterocycles. The summed E-state index contributed by atoms with van der Waals surface area (Å²) in [5.74, 6) is 0.167. The lowest BCUT2D eigenvalue weighted by molar-refractivity contribution is -0.152. The first kappa shape index (κ1) is 17.2. The molecule has 2 unspecified atom stereocenters. The molecule has 1 heterocycles. The molecule has 1 amide bonds. The van der Waals surface area contributed by atoms with E-state index in [1.54, 1.807) is 0 Å².